The molecule has 0 aromatic heterocycles. The van der Waals surface area contributed by atoms with E-state index in [1.54, 1.807) is 30.3 Å². The average Bonchev–Trinajstić information content (AvgIpc) is 2.78. The topological polar surface area (TPSA) is 245 Å². The summed E-state index contributed by atoms with van der Waals surface area (Å²) in [6.07, 6.45) is -3.35. The van der Waals surface area contributed by atoms with Crippen LogP contribution in [0.2, 0.25) is 0 Å². The molecule has 198 valence electrons. The quantitative estimate of drug-likeness (QED) is 0.126. The van der Waals surface area contributed by atoms with Crippen molar-refractivity contribution in [3.8, 4) is 0 Å². The number of aliphatic carboxylic acids is 3. The maximum Gasteiger partial charge on any atom is 0.328 e. The largest absolute Gasteiger partial charge is 0.481 e. The van der Waals surface area contributed by atoms with Crippen LogP contribution in [0.25, 0.3) is 0 Å². The molecule has 3 amide bonds. The summed E-state index contributed by atoms with van der Waals surface area (Å²) in [5.41, 5.74) is 6.63. The average molecular weight is 511 g/mol. The fourth-order valence-electron chi connectivity index (χ4n) is 3.07. The highest BCUT2D eigenvalue weighted by Gasteiger charge is 2.33. The second-order valence-electron chi connectivity index (χ2n) is 8.01. The molecule has 1 aromatic rings. The highest BCUT2D eigenvalue weighted by molar-refractivity contribution is 5.95. The van der Waals surface area contributed by atoms with E-state index in [1.807, 2.05) is 5.32 Å². The summed E-state index contributed by atoms with van der Waals surface area (Å²) in [5, 5.41) is 43.1. The van der Waals surface area contributed by atoms with Gasteiger partial charge in [-0.3, -0.25) is 24.0 Å². The van der Waals surface area contributed by atoms with Gasteiger partial charge in [-0.25, -0.2) is 4.79 Å². The lowest BCUT2D eigenvalue weighted by Gasteiger charge is -2.25. The Morgan fingerprint density at radius 1 is 0.833 bits per heavy atom. The molecule has 0 saturated carbocycles. The molecule has 0 radical (unpaired) electrons. The Morgan fingerprint density at radius 3 is 1.89 bits per heavy atom. The van der Waals surface area contributed by atoms with E-state index in [0.717, 1.165) is 12.5 Å². The van der Waals surface area contributed by atoms with Gasteiger partial charge in [0.15, 0.2) is 6.04 Å². The number of carbonyl (C=O) groups is 6. The molecule has 14 heteroatoms. The fraction of sp³-hybridized carbons (Fsp3) is 0.455. The van der Waals surface area contributed by atoms with Crippen LogP contribution >= 0.6 is 0 Å². The molecule has 1 aromatic carbocycles. The highest BCUT2D eigenvalue weighted by Crippen LogP contribution is 2.06. The van der Waals surface area contributed by atoms with Gasteiger partial charge in [-0.05, 0) is 25.3 Å². The van der Waals surface area contributed by atoms with E-state index in [2.05, 4.69) is 10.6 Å². The van der Waals surface area contributed by atoms with Crippen molar-refractivity contribution < 1.29 is 49.2 Å². The summed E-state index contributed by atoms with van der Waals surface area (Å²) < 4.78 is 0. The van der Waals surface area contributed by atoms with Gasteiger partial charge in [-0.1, -0.05) is 30.3 Å². The maximum atomic E-state index is 12.8. The number of carbonyl (C=O) groups excluding carboxylic acids is 3. The summed E-state index contributed by atoms with van der Waals surface area (Å²) in [4.78, 5) is 71.3. The Kier molecular flexibility index (Phi) is 12.0. The first-order valence-electron chi connectivity index (χ1n) is 10.9. The molecule has 1 rings (SSSR count). The minimum Gasteiger partial charge on any atom is -0.481 e. The van der Waals surface area contributed by atoms with Crippen molar-refractivity contribution in [2.24, 2.45) is 5.73 Å². The zero-order chi connectivity index (χ0) is 27.4. The standard InChI is InChI=1S/C22H30N4O10/c1-11(27)18(22(35)36)26-21(34)15(10-17(30)31)25-20(33)14(7-8-16(28)29)24-19(32)13(23)9-12-5-3-2-4-6-12/h2-6,11,13-15,18,27H,7-10,23H2,1H3,(H,24,32)(H,25,33)(H,26,34)(H,28,29)(H,30,31)(H,35,36). The van der Waals surface area contributed by atoms with E-state index >= 15 is 0 Å². The summed E-state index contributed by atoms with van der Waals surface area (Å²) in [6.45, 7) is 1.08. The second kappa shape index (κ2) is 14.4. The zero-order valence-corrected chi connectivity index (χ0v) is 19.4. The van der Waals surface area contributed by atoms with E-state index in [9.17, 15) is 33.9 Å². The number of aliphatic hydroxyl groups is 1. The number of rotatable bonds is 15. The summed E-state index contributed by atoms with van der Waals surface area (Å²) in [7, 11) is 0. The number of carboxylic acid groups (broad SMARTS) is 3. The maximum absolute atomic E-state index is 12.8. The number of aliphatic hydroxyl groups excluding tert-OH is 1. The molecular weight excluding hydrogens is 480 g/mol. The van der Waals surface area contributed by atoms with E-state index in [4.69, 9.17) is 21.1 Å². The van der Waals surface area contributed by atoms with Crippen LogP contribution in [0.15, 0.2) is 30.3 Å². The van der Waals surface area contributed by atoms with Gasteiger partial charge in [-0.2, -0.15) is 0 Å². The van der Waals surface area contributed by atoms with E-state index < -0.39 is 85.2 Å². The molecule has 36 heavy (non-hydrogen) atoms. The molecule has 0 bridgehead atoms. The molecule has 0 aliphatic rings. The van der Waals surface area contributed by atoms with Gasteiger partial charge in [0.25, 0.3) is 0 Å². The number of amides is 3. The molecule has 0 aliphatic heterocycles. The van der Waals surface area contributed by atoms with Crippen molar-refractivity contribution in [2.45, 2.75) is 62.9 Å². The number of carboxylic acids is 3. The van der Waals surface area contributed by atoms with Crippen LogP contribution in [0.3, 0.4) is 0 Å². The summed E-state index contributed by atoms with van der Waals surface area (Å²) in [6, 6.07) is 2.53. The van der Waals surface area contributed by atoms with E-state index in [0.29, 0.717) is 0 Å². The van der Waals surface area contributed by atoms with Crippen molar-refractivity contribution in [1.29, 1.82) is 0 Å². The van der Waals surface area contributed by atoms with Gasteiger partial charge in [0.1, 0.15) is 12.1 Å². The number of nitrogens with one attached hydrogen (secondary N) is 3. The van der Waals surface area contributed by atoms with Crippen molar-refractivity contribution in [3.05, 3.63) is 35.9 Å². The van der Waals surface area contributed by atoms with Gasteiger partial charge >= 0.3 is 17.9 Å². The predicted molar refractivity (Wildman–Crippen MR) is 122 cm³/mol. The van der Waals surface area contributed by atoms with Crippen LogP contribution in [0.5, 0.6) is 0 Å². The van der Waals surface area contributed by atoms with Gasteiger partial charge < -0.3 is 42.1 Å². The Hall–Kier alpha value is -4.04. The first kappa shape index (κ1) is 30.0. The summed E-state index contributed by atoms with van der Waals surface area (Å²) in [5.74, 6) is -7.49. The fourth-order valence-corrected chi connectivity index (χ4v) is 3.07. The number of nitrogens with two attached hydrogens (primary N) is 1. The van der Waals surface area contributed by atoms with Crippen molar-refractivity contribution in [2.75, 3.05) is 0 Å². The number of hydrogen-bond acceptors (Lipinski definition) is 8. The highest BCUT2D eigenvalue weighted by atomic mass is 16.4. The first-order chi connectivity index (χ1) is 16.8. The van der Waals surface area contributed by atoms with Crippen LogP contribution < -0.4 is 21.7 Å². The lowest BCUT2D eigenvalue weighted by atomic mass is 10.0. The molecule has 0 saturated heterocycles. The lowest BCUT2D eigenvalue weighted by molar-refractivity contribution is -0.146. The Bertz CT molecular complexity index is 953. The third-order valence-electron chi connectivity index (χ3n) is 4.97. The minimum atomic E-state index is -1.79. The Morgan fingerprint density at radius 2 is 1.39 bits per heavy atom. The smallest absolute Gasteiger partial charge is 0.328 e. The molecule has 9 N–H and O–H groups in total. The Balaban J connectivity index is 3.00. The lowest BCUT2D eigenvalue weighted by Crippen LogP contribution is -2.58. The molecule has 0 fully saturated rings. The molecule has 0 spiro atoms. The second-order valence-corrected chi connectivity index (χ2v) is 8.01. The number of hydrogen-bond donors (Lipinski definition) is 8. The van der Waals surface area contributed by atoms with Crippen LogP contribution in [0, 0.1) is 0 Å². The van der Waals surface area contributed by atoms with Gasteiger partial charge in [-0.15, -0.1) is 0 Å². The SMILES string of the molecule is CC(O)C(NC(=O)C(CC(=O)O)NC(=O)C(CCC(=O)O)NC(=O)C(N)Cc1ccccc1)C(=O)O. The minimum absolute atomic E-state index is 0.111. The third-order valence-corrected chi connectivity index (χ3v) is 4.97. The van der Waals surface area contributed by atoms with Gasteiger partial charge in [0.2, 0.25) is 17.7 Å². The molecule has 5 atom stereocenters. The Labute approximate surface area is 205 Å². The number of benzene rings is 1. The molecular formula is C22H30N4O10. The van der Waals surface area contributed by atoms with Crippen molar-refractivity contribution in [3.63, 3.8) is 0 Å². The van der Waals surface area contributed by atoms with Crippen molar-refractivity contribution >= 4 is 35.6 Å². The van der Waals surface area contributed by atoms with Crippen LogP contribution in [-0.4, -0.2) is 86.3 Å². The van der Waals surface area contributed by atoms with E-state index in [1.165, 1.54) is 0 Å². The van der Waals surface area contributed by atoms with Crippen LogP contribution in [-0.2, 0) is 35.2 Å². The van der Waals surface area contributed by atoms with Crippen LogP contribution in [0.1, 0.15) is 31.7 Å². The van der Waals surface area contributed by atoms with Crippen molar-refractivity contribution in [1.82, 2.24) is 16.0 Å². The monoisotopic (exact) mass is 510 g/mol. The molecule has 0 aliphatic carbocycles. The molecule has 0 heterocycles. The predicted octanol–water partition coefficient (Wildman–Crippen LogP) is -2.18. The molecule has 5 unspecified atom stereocenters. The third kappa shape index (κ3) is 10.5. The van der Waals surface area contributed by atoms with Crippen LogP contribution in [0.4, 0.5) is 0 Å². The van der Waals surface area contributed by atoms with Gasteiger partial charge in [0.05, 0.1) is 18.6 Å². The summed E-state index contributed by atoms with van der Waals surface area (Å²) >= 11 is 0. The zero-order valence-electron chi connectivity index (χ0n) is 19.4. The molecule has 14 nitrogen and oxygen atoms in total. The van der Waals surface area contributed by atoms with Gasteiger partial charge in [0, 0.05) is 6.42 Å². The normalized spacial score (nSPS) is 14.9. The van der Waals surface area contributed by atoms with E-state index in [-0.39, 0.29) is 6.42 Å². The first-order valence-corrected chi connectivity index (χ1v) is 10.9.